The number of nitrogens with zero attached hydrogens (tertiary/aromatic N) is 4. The standard InChI is InChI=1S/C30H32N6O2/c1-21(23-11-9-22(15-31)10-12-23)16-33-28(24-7-5-4-6-8-24)29(38)35-27-14-13-25(17-32-27)26-18-34-36(19-26)30(2,3)20-37/h4-14,17-19,21,28,33,37H,16,20H2,1-3H3,(H,32,35,38)/t21-,28-/m0/s1. The molecule has 4 rings (SSSR count). The molecule has 2 heterocycles. The summed E-state index contributed by atoms with van der Waals surface area (Å²) in [5.74, 6) is 0.376. The highest BCUT2D eigenvalue weighted by molar-refractivity contribution is 5.95. The third-order valence-electron chi connectivity index (χ3n) is 6.57. The lowest BCUT2D eigenvalue weighted by Crippen LogP contribution is -2.35. The number of aromatic nitrogens is 3. The van der Waals surface area contributed by atoms with Crippen LogP contribution >= 0.6 is 0 Å². The molecule has 4 aromatic rings. The van der Waals surface area contributed by atoms with E-state index in [4.69, 9.17) is 5.26 Å². The first-order valence-electron chi connectivity index (χ1n) is 12.5. The maximum atomic E-state index is 13.4. The lowest BCUT2D eigenvalue weighted by Gasteiger charge is -2.22. The van der Waals surface area contributed by atoms with Gasteiger partial charge >= 0.3 is 0 Å². The molecular formula is C30H32N6O2. The van der Waals surface area contributed by atoms with E-state index < -0.39 is 11.6 Å². The Kier molecular flexibility index (Phi) is 8.31. The van der Waals surface area contributed by atoms with E-state index in [-0.39, 0.29) is 18.4 Å². The van der Waals surface area contributed by atoms with E-state index in [1.807, 2.05) is 68.6 Å². The number of benzene rings is 2. The van der Waals surface area contributed by atoms with Gasteiger partial charge in [-0.2, -0.15) is 10.4 Å². The second-order valence-corrected chi connectivity index (χ2v) is 9.95. The van der Waals surface area contributed by atoms with Crippen LogP contribution in [-0.2, 0) is 10.3 Å². The van der Waals surface area contributed by atoms with Crippen LogP contribution in [0.5, 0.6) is 0 Å². The number of carbonyl (C=O) groups is 1. The molecule has 194 valence electrons. The molecule has 0 saturated carbocycles. The quantitative estimate of drug-likeness (QED) is 0.288. The number of carbonyl (C=O) groups excluding carboxylic acids is 1. The van der Waals surface area contributed by atoms with Crippen LogP contribution in [-0.4, -0.2) is 38.9 Å². The van der Waals surface area contributed by atoms with Gasteiger partial charge in [0.25, 0.3) is 0 Å². The third kappa shape index (κ3) is 6.32. The highest BCUT2D eigenvalue weighted by atomic mass is 16.3. The molecule has 0 aliphatic carbocycles. The van der Waals surface area contributed by atoms with Crippen LogP contribution in [0.25, 0.3) is 11.1 Å². The van der Waals surface area contributed by atoms with Crippen molar-refractivity contribution in [1.82, 2.24) is 20.1 Å². The van der Waals surface area contributed by atoms with Crippen molar-refractivity contribution in [2.45, 2.75) is 38.3 Å². The van der Waals surface area contributed by atoms with E-state index in [0.717, 1.165) is 22.3 Å². The Hall–Kier alpha value is -4.32. The number of aliphatic hydroxyl groups is 1. The van der Waals surface area contributed by atoms with Gasteiger partial charge in [-0.3, -0.25) is 9.48 Å². The maximum absolute atomic E-state index is 13.4. The second-order valence-electron chi connectivity index (χ2n) is 9.95. The van der Waals surface area contributed by atoms with Crippen molar-refractivity contribution in [3.05, 3.63) is 102 Å². The van der Waals surface area contributed by atoms with Gasteiger partial charge in [-0.25, -0.2) is 4.98 Å². The summed E-state index contributed by atoms with van der Waals surface area (Å²) in [4.78, 5) is 17.8. The summed E-state index contributed by atoms with van der Waals surface area (Å²) in [7, 11) is 0. The van der Waals surface area contributed by atoms with Crippen molar-refractivity contribution >= 4 is 11.7 Å². The van der Waals surface area contributed by atoms with E-state index in [0.29, 0.717) is 17.9 Å². The minimum Gasteiger partial charge on any atom is -0.394 e. The topological polar surface area (TPSA) is 116 Å². The molecule has 0 radical (unpaired) electrons. The lowest BCUT2D eigenvalue weighted by molar-refractivity contribution is -0.118. The number of anilines is 1. The fourth-order valence-corrected chi connectivity index (χ4v) is 4.02. The van der Waals surface area contributed by atoms with E-state index in [9.17, 15) is 9.90 Å². The molecule has 1 amide bonds. The number of nitrogens with one attached hydrogen (secondary N) is 2. The van der Waals surface area contributed by atoms with Gasteiger partial charge < -0.3 is 15.7 Å². The summed E-state index contributed by atoms with van der Waals surface area (Å²) in [5.41, 5.74) is 3.79. The zero-order chi connectivity index (χ0) is 27.1. The average Bonchev–Trinajstić information content (AvgIpc) is 3.45. The molecule has 8 heteroatoms. The highest BCUT2D eigenvalue weighted by Crippen LogP contribution is 2.23. The number of amides is 1. The van der Waals surface area contributed by atoms with Crippen molar-refractivity contribution in [2.75, 3.05) is 18.5 Å². The van der Waals surface area contributed by atoms with Crippen LogP contribution in [0.15, 0.2) is 85.3 Å². The molecule has 2 aromatic carbocycles. The van der Waals surface area contributed by atoms with Crippen molar-refractivity contribution in [3.8, 4) is 17.2 Å². The van der Waals surface area contributed by atoms with Gasteiger partial charge in [0.1, 0.15) is 11.9 Å². The molecule has 0 spiro atoms. The largest absolute Gasteiger partial charge is 0.394 e. The Balaban J connectivity index is 1.45. The van der Waals surface area contributed by atoms with Gasteiger partial charge in [-0.05, 0) is 55.2 Å². The molecule has 38 heavy (non-hydrogen) atoms. The Morgan fingerprint density at radius 3 is 2.39 bits per heavy atom. The molecule has 2 atom stereocenters. The van der Waals surface area contributed by atoms with Gasteiger partial charge in [-0.1, -0.05) is 49.4 Å². The first-order valence-corrected chi connectivity index (χ1v) is 12.5. The van der Waals surface area contributed by atoms with Gasteiger partial charge in [0.05, 0.1) is 30.0 Å². The first-order chi connectivity index (χ1) is 18.3. The number of aliphatic hydroxyl groups excluding tert-OH is 1. The minimum absolute atomic E-state index is 0.0276. The fraction of sp³-hybridized carbons (Fsp3) is 0.267. The summed E-state index contributed by atoms with van der Waals surface area (Å²) < 4.78 is 1.73. The van der Waals surface area contributed by atoms with Crippen LogP contribution in [0.1, 0.15) is 49.4 Å². The highest BCUT2D eigenvalue weighted by Gasteiger charge is 2.22. The zero-order valence-electron chi connectivity index (χ0n) is 21.8. The number of nitriles is 1. The van der Waals surface area contributed by atoms with E-state index in [1.54, 1.807) is 35.3 Å². The zero-order valence-corrected chi connectivity index (χ0v) is 21.8. The van der Waals surface area contributed by atoms with Crippen LogP contribution in [0.3, 0.4) is 0 Å². The Morgan fingerprint density at radius 1 is 1.03 bits per heavy atom. The molecule has 0 saturated heterocycles. The van der Waals surface area contributed by atoms with Gasteiger partial charge in [0.15, 0.2) is 0 Å². The van der Waals surface area contributed by atoms with Crippen LogP contribution in [0.4, 0.5) is 5.82 Å². The van der Waals surface area contributed by atoms with Crippen LogP contribution in [0.2, 0.25) is 0 Å². The SMILES string of the molecule is C[C@@H](CN[C@H](C(=O)Nc1ccc(-c2cnn(C(C)(C)CO)c2)cn1)c1ccccc1)c1ccc(C#N)cc1. The Bertz CT molecular complexity index is 1390. The van der Waals surface area contributed by atoms with E-state index >= 15 is 0 Å². The number of hydrogen-bond acceptors (Lipinski definition) is 6. The summed E-state index contributed by atoms with van der Waals surface area (Å²) >= 11 is 0. The van der Waals surface area contributed by atoms with Crippen molar-refractivity contribution in [2.24, 2.45) is 0 Å². The normalized spacial score (nSPS) is 12.9. The lowest BCUT2D eigenvalue weighted by atomic mass is 9.98. The molecule has 0 bridgehead atoms. The number of rotatable bonds is 10. The van der Waals surface area contributed by atoms with E-state index in [2.05, 4.69) is 33.7 Å². The average molecular weight is 509 g/mol. The summed E-state index contributed by atoms with van der Waals surface area (Å²) in [6, 6.07) is 22.3. The molecule has 8 nitrogen and oxygen atoms in total. The Labute approximate surface area is 223 Å². The molecular weight excluding hydrogens is 476 g/mol. The molecule has 0 aliphatic rings. The predicted octanol–water partition coefficient (Wildman–Crippen LogP) is 4.62. The fourth-order valence-electron chi connectivity index (χ4n) is 4.02. The maximum Gasteiger partial charge on any atom is 0.247 e. The van der Waals surface area contributed by atoms with Crippen LogP contribution < -0.4 is 10.6 Å². The van der Waals surface area contributed by atoms with Gasteiger partial charge in [0, 0.05) is 30.1 Å². The second kappa shape index (κ2) is 11.8. The smallest absolute Gasteiger partial charge is 0.247 e. The first kappa shape index (κ1) is 26.7. The van der Waals surface area contributed by atoms with Crippen molar-refractivity contribution in [1.29, 1.82) is 5.26 Å². The van der Waals surface area contributed by atoms with E-state index in [1.165, 1.54) is 0 Å². The van der Waals surface area contributed by atoms with Crippen molar-refractivity contribution in [3.63, 3.8) is 0 Å². The van der Waals surface area contributed by atoms with Crippen LogP contribution in [0, 0.1) is 11.3 Å². The number of pyridine rings is 1. The minimum atomic E-state index is -0.572. The molecule has 0 aliphatic heterocycles. The predicted molar refractivity (Wildman–Crippen MR) is 147 cm³/mol. The summed E-state index contributed by atoms with van der Waals surface area (Å²) in [5, 5.41) is 29.3. The number of hydrogen-bond donors (Lipinski definition) is 3. The third-order valence-corrected chi connectivity index (χ3v) is 6.57. The Morgan fingerprint density at radius 2 is 1.76 bits per heavy atom. The molecule has 0 fully saturated rings. The summed E-state index contributed by atoms with van der Waals surface area (Å²) in [6.45, 7) is 6.43. The van der Waals surface area contributed by atoms with Crippen molar-refractivity contribution < 1.29 is 9.90 Å². The van der Waals surface area contributed by atoms with Gasteiger partial charge in [0.2, 0.25) is 5.91 Å². The molecule has 0 unspecified atom stereocenters. The molecule has 2 aromatic heterocycles. The van der Waals surface area contributed by atoms with Gasteiger partial charge in [-0.15, -0.1) is 0 Å². The monoisotopic (exact) mass is 508 g/mol. The molecule has 3 N–H and O–H groups in total. The summed E-state index contributed by atoms with van der Waals surface area (Å²) in [6.07, 6.45) is 5.30.